The summed E-state index contributed by atoms with van der Waals surface area (Å²) in [5.41, 5.74) is 1.76. The van der Waals surface area contributed by atoms with Crippen LogP contribution in [0, 0.1) is 5.92 Å². The monoisotopic (exact) mass is 371 g/mol. The number of thiazole rings is 1. The molecule has 1 aliphatic heterocycles. The number of anilines is 1. The van der Waals surface area contributed by atoms with E-state index in [0.29, 0.717) is 24.9 Å². The second-order valence-electron chi connectivity index (χ2n) is 7.76. The van der Waals surface area contributed by atoms with E-state index >= 15 is 0 Å². The molecular weight excluding hydrogens is 346 g/mol. The van der Waals surface area contributed by atoms with Gasteiger partial charge in [-0.1, -0.05) is 26.7 Å². The van der Waals surface area contributed by atoms with Crippen molar-refractivity contribution in [3.05, 3.63) is 23.2 Å². The number of rotatable bonds is 4. The number of nitrogens with one attached hydrogen (secondary N) is 1. The molecule has 1 N–H and O–H groups in total. The minimum absolute atomic E-state index is 0.0493. The quantitative estimate of drug-likeness (QED) is 0.878. The van der Waals surface area contributed by atoms with E-state index in [-0.39, 0.29) is 17.7 Å². The predicted octanol–water partition coefficient (Wildman–Crippen LogP) is 4.15. The van der Waals surface area contributed by atoms with Gasteiger partial charge in [0.1, 0.15) is 0 Å². The second-order valence-corrected chi connectivity index (χ2v) is 8.83. The van der Waals surface area contributed by atoms with Crippen molar-refractivity contribution in [2.45, 2.75) is 57.9 Å². The normalized spacial score (nSPS) is 21.3. The highest BCUT2D eigenvalue weighted by Crippen LogP contribution is 2.31. The Hall–Kier alpha value is -1.95. The summed E-state index contributed by atoms with van der Waals surface area (Å²) in [5, 5.41) is 4.12. The van der Waals surface area contributed by atoms with Crippen molar-refractivity contribution in [3.8, 4) is 0 Å². The van der Waals surface area contributed by atoms with Crippen molar-refractivity contribution in [2.75, 3.05) is 11.9 Å². The van der Waals surface area contributed by atoms with Crippen molar-refractivity contribution < 1.29 is 9.59 Å². The second kappa shape index (κ2) is 6.99. The molecule has 2 heterocycles. The summed E-state index contributed by atoms with van der Waals surface area (Å²) in [6.45, 7) is 4.83. The highest BCUT2D eigenvalue weighted by atomic mass is 32.1. The van der Waals surface area contributed by atoms with Gasteiger partial charge in [-0.15, -0.1) is 11.3 Å². The molecule has 5 nitrogen and oxygen atoms in total. The van der Waals surface area contributed by atoms with Gasteiger partial charge in [0.15, 0.2) is 0 Å². The number of fused-ring (bicyclic) bond motifs is 1. The maximum absolute atomic E-state index is 12.7. The van der Waals surface area contributed by atoms with Gasteiger partial charge in [0, 0.05) is 30.6 Å². The van der Waals surface area contributed by atoms with Crippen molar-refractivity contribution >= 4 is 39.1 Å². The highest BCUT2D eigenvalue weighted by molar-refractivity contribution is 7.18. The van der Waals surface area contributed by atoms with E-state index in [1.54, 1.807) is 11.3 Å². The molecule has 1 saturated carbocycles. The number of nitrogens with zero attached hydrogens (tertiary/aromatic N) is 2. The number of aromatic nitrogens is 1. The molecule has 138 valence electrons. The molecule has 2 fully saturated rings. The molecule has 0 bridgehead atoms. The standard InChI is InChI=1S/C20H25N3O2S/c1-12(2)20-22-16-8-7-14(10-17(16)26-20)21-19(25)13-9-18(24)23(11-13)15-5-3-4-6-15/h7-8,10,12-13,15H,3-6,9,11H2,1-2H3,(H,21,25)/t13-/m0/s1. The first-order chi connectivity index (χ1) is 12.5. The van der Waals surface area contributed by atoms with Gasteiger partial charge in [-0.2, -0.15) is 0 Å². The molecule has 0 radical (unpaired) electrons. The van der Waals surface area contributed by atoms with Crippen molar-refractivity contribution in [1.82, 2.24) is 9.88 Å². The molecular formula is C20H25N3O2S. The number of likely N-dealkylation sites (tertiary alicyclic amines) is 1. The van der Waals surface area contributed by atoms with Crippen molar-refractivity contribution in [1.29, 1.82) is 0 Å². The Morgan fingerprint density at radius 2 is 2.08 bits per heavy atom. The summed E-state index contributed by atoms with van der Waals surface area (Å²) in [4.78, 5) is 31.5. The van der Waals surface area contributed by atoms with Gasteiger partial charge in [0.25, 0.3) is 0 Å². The summed E-state index contributed by atoms with van der Waals surface area (Å²) in [6.07, 6.45) is 4.89. The lowest BCUT2D eigenvalue weighted by Gasteiger charge is -2.23. The summed E-state index contributed by atoms with van der Waals surface area (Å²) in [7, 11) is 0. The predicted molar refractivity (Wildman–Crippen MR) is 104 cm³/mol. The van der Waals surface area contributed by atoms with Gasteiger partial charge in [-0.25, -0.2) is 4.98 Å². The molecule has 1 atom stereocenters. The van der Waals surface area contributed by atoms with Crippen LogP contribution >= 0.6 is 11.3 Å². The molecule has 2 aliphatic rings. The van der Waals surface area contributed by atoms with Gasteiger partial charge in [0.05, 0.1) is 21.1 Å². The minimum atomic E-state index is -0.244. The fourth-order valence-corrected chi connectivity index (χ4v) is 5.00. The summed E-state index contributed by atoms with van der Waals surface area (Å²) in [6, 6.07) is 6.19. The first kappa shape index (κ1) is 17.5. The number of hydrogen-bond donors (Lipinski definition) is 1. The molecule has 2 aromatic rings. The Balaban J connectivity index is 1.44. The third-order valence-electron chi connectivity index (χ3n) is 5.46. The topological polar surface area (TPSA) is 62.3 Å². The van der Waals surface area contributed by atoms with E-state index in [0.717, 1.165) is 33.8 Å². The maximum Gasteiger partial charge on any atom is 0.229 e. The fourth-order valence-electron chi connectivity index (χ4n) is 3.99. The van der Waals surface area contributed by atoms with Crippen molar-refractivity contribution in [2.24, 2.45) is 5.92 Å². The SMILES string of the molecule is CC(C)c1nc2ccc(NC(=O)[C@H]3CC(=O)N(C4CCCC4)C3)cc2s1. The fraction of sp³-hybridized carbons (Fsp3) is 0.550. The molecule has 26 heavy (non-hydrogen) atoms. The molecule has 1 aliphatic carbocycles. The van der Waals surface area contributed by atoms with Crippen LogP contribution in [-0.2, 0) is 9.59 Å². The lowest BCUT2D eigenvalue weighted by molar-refractivity contribution is -0.129. The summed E-state index contributed by atoms with van der Waals surface area (Å²) < 4.78 is 1.08. The van der Waals surface area contributed by atoms with Crippen LogP contribution in [0.3, 0.4) is 0 Å². The van der Waals surface area contributed by atoms with E-state index in [1.807, 2.05) is 23.1 Å². The number of carbonyl (C=O) groups is 2. The van der Waals surface area contributed by atoms with E-state index < -0.39 is 0 Å². The first-order valence-electron chi connectivity index (χ1n) is 9.52. The molecule has 1 aromatic carbocycles. The Labute approximate surface area is 157 Å². The Kier molecular flexibility index (Phi) is 4.69. The average Bonchev–Trinajstić information content (AvgIpc) is 3.32. The molecule has 1 saturated heterocycles. The van der Waals surface area contributed by atoms with Gasteiger partial charge in [-0.3, -0.25) is 9.59 Å². The summed E-state index contributed by atoms with van der Waals surface area (Å²) >= 11 is 1.67. The van der Waals surface area contributed by atoms with Gasteiger partial charge in [0.2, 0.25) is 11.8 Å². The lowest BCUT2D eigenvalue weighted by Crippen LogP contribution is -2.35. The highest BCUT2D eigenvalue weighted by Gasteiger charge is 2.38. The number of carbonyl (C=O) groups excluding carboxylic acids is 2. The van der Waals surface area contributed by atoms with Crippen LogP contribution in [0.1, 0.15) is 56.9 Å². The smallest absolute Gasteiger partial charge is 0.229 e. The largest absolute Gasteiger partial charge is 0.339 e. The van der Waals surface area contributed by atoms with E-state index in [2.05, 4.69) is 24.1 Å². The Bertz CT molecular complexity index is 839. The number of hydrogen-bond acceptors (Lipinski definition) is 4. The molecule has 0 unspecified atom stereocenters. The average molecular weight is 372 g/mol. The maximum atomic E-state index is 12.7. The third kappa shape index (κ3) is 3.34. The molecule has 6 heteroatoms. The van der Waals surface area contributed by atoms with E-state index in [9.17, 15) is 9.59 Å². The van der Waals surface area contributed by atoms with Crippen LogP contribution in [0.5, 0.6) is 0 Å². The Morgan fingerprint density at radius 3 is 2.81 bits per heavy atom. The third-order valence-corrected chi connectivity index (χ3v) is 6.78. The Morgan fingerprint density at radius 1 is 1.31 bits per heavy atom. The first-order valence-corrected chi connectivity index (χ1v) is 10.3. The van der Waals surface area contributed by atoms with Crippen LogP contribution in [0.15, 0.2) is 18.2 Å². The summed E-state index contributed by atoms with van der Waals surface area (Å²) in [5.74, 6) is 0.242. The van der Waals surface area contributed by atoms with Gasteiger partial charge >= 0.3 is 0 Å². The van der Waals surface area contributed by atoms with Crippen molar-refractivity contribution in [3.63, 3.8) is 0 Å². The molecule has 2 amide bonds. The number of benzene rings is 1. The van der Waals surface area contributed by atoms with Gasteiger partial charge in [-0.05, 0) is 31.0 Å². The molecule has 0 spiro atoms. The van der Waals surface area contributed by atoms with Crippen LogP contribution in [0.2, 0.25) is 0 Å². The van der Waals surface area contributed by atoms with Gasteiger partial charge < -0.3 is 10.2 Å². The molecule has 1 aromatic heterocycles. The van der Waals surface area contributed by atoms with Crippen LogP contribution < -0.4 is 5.32 Å². The zero-order valence-electron chi connectivity index (χ0n) is 15.3. The number of amides is 2. The van der Waals surface area contributed by atoms with E-state index in [1.165, 1.54) is 12.8 Å². The minimum Gasteiger partial charge on any atom is -0.339 e. The lowest BCUT2D eigenvalue weighted by atomic mass is 10.1. The van der Waals surface area contributed by atoms with Crippen LogP contribution in [0.4, 0.5) is 5.69 Å². The zero-order valence-corrected chi connectivity index (χ0v) is 16.1. The van der Waals surface area contributed by atoms with E-state index in [4.69, 9.17) is 0 Å². The van der Waals surface area contributed by atoms with Crippen LogP contribution in [-0.4, -0.2) is 34.3 Å². The molecule has 4 rings (SSSR count). The van der Waals surface area contributed by atoms with Crippen LogP contribution in [0.25, 0.3) is 10.2 Å². The zero-order chi connectivity index (χ0) is 18.3.